The molecule has 0 fully saturated rings. The molecule has 6 aromatic heterocycles. The van der Waals surface area contributed by atoms with Crippen LogP contribution in [0.5, 0.6) is 0 Å². The minimum absolute atomic E-state index is 0.145. The molecule has 0 N–H and O–H groups in total. The SMILES string of the molecule is C/C=C\C(=C/C)N1c2ccc(s2)N(c2ccccc2)c2ccc(s2)N(c2ccccc2)c2ccc(s2)N(c2ccccc2)c2ccc(s2)N(C2C=CC=CC2)c2ccc(s2)N(c2ccccc2)c2ccc1s2. The summed E-state index contributed by atoms with van der Waals surface area (Å²) in [7, 11) is 0. The van der Waals surface area contributed by atoms with Gasteiger partial charge in [0.05, 0.1) is 16.0 Å². The number of anilines is 16. The number of para-hydroxylation sites is 4. The van der Waals surface area contributed by atoms with Crippen molar-refractivity contribution in [1.82, 2.24) is 0 Å². The van der Waals surface area contributed by atoms with E-state index >= 15 is 0 Å². The molecule has 1 atom stereocenters. The normalized spacial score (nSPS) is 15.2. The van der Waals surface area contributed by atoms with Crippen molar-refractivity contribution >= 4 is 151 Å². The highest BCUT2D eigenvalue weighted by Crippen LogP contribution is 2.55. The Hall–Kier alpha value is -7.16. The molecule has 7 heterocycles. The molecule has 1 aliphatic heterocycles. The van der Waals surface area contributed by atoms with Crippen molar-refractivity contribution in [3.8, 4) is 0 Å². The fraction of sp³-hybridized carbons (Fsp3) is 0.0667. The summed E-state index contributed by atoms with van der Waals surface area (Å²) < 4.78 is 0. The number of allylic oxidation sites excluding steroid dienone is 5. The summed E-state index contributed by atoms with van der Waals surface area (Å²) in [5.74, 6) is 0. The summed E-state index contributed by atoms with van der Waals surface area (Å²) in [4.78, 5) is 14.6. The molecule has 0 radical (unpaired) electrons. The Balaban J connectivity index is 1.08. The van der Waals surface area contributed by atoms with Crippen LogP contribution in [-0.4, -0.2) is 6.04 Å². The van der Waals surface area contributed by atoms with Crippen molar-refractivity contribution in [2.24, 2.45) is 0 Å². The van der Waals surface area contributed by atoms with Gasteiger partial charge in [-0.25, -0.2) is 0 Å². The van der Waals surface area contributed by atoms with Crippen LogP contribution >= 0.6 is 68.0 Å². The van der Waals surface area contributed by atoms with Gasteiger partial charge in [-0.15, -0.1) is 0 Å². The zero-order chi connectivity index (χ0) is 48.4. The Bertz CT molecular complexity index is 3540. The van der Waals surface area contributed by atoms with Crippen molar-refractivity contribution in [3.05, 3.63) is 242 Å². The van der Waals surface area contributed by atoms with Crippen molar-refractivity contribution in [3.63, 3.8) is 0 Å². The molecule has 4 aromatic carbocycles. The number of nitrogens with zero attached hydrogens (tertiary/aromatic N) is 6. The number of thiophene rings is 6. The van der Waals surface area contributed by atoms with Crippen LogP contribution in [0, 0.1) is 0 Å². The van der Waals surface area contributed by atoms with Gasteiger partial charge in [0.2, 0.25) is 0 Å². The number of benzene rings is 4. The second kappa shape index (κ2) is 20.5. The zero-order valence-electron chi connectivity index (χ0n) is 39.4. The molecule has 0 saturated carbocycles. The molecule has 2 aliphatic rings. The molecule has 1 unspecified atom stereocenters. The predicted octanol–water partition coefficient (Wildman–Crippen LogP) is 20.9. The van der Waals surface area contributed by atoms with Crippen LogP contribution in [0.1, 0.15) is 20.3 Å². The first-order valence-corrected chi connectivity index (χ1v) is 28.7. The van der Waals surface area contributed by atoms with E-state index < -0.39 is 0 Å². The lowest BCUT2D eigenvalue weighted by atomic mass is 10.1. The molecule has 0 spiro atoms. The summed E-state index contributed by atoms with van der Waals surface area (Å²) in [5.41, 5.74) is 5.55. The van der Waals surface area contributed by atoms with E-state index in [2.05, 4.69) is 280 Å². The highest BCUT2D eigenvalue weighted by Gasteiger charge is 2.29. The molecule has 0 saturated heterocycles. The fourth-order valence-electron chi connectivity index (χ4n) is 9.16. The van der Waals surface area contributed by atoms with Crippen LogP contribution in [0.3, 0.4) is 0 Å². The van der Waals surface area contributed by atoms with Gasteiger partial charge in [-0.1, -0.05) is 177 Å². The van der Waals surface area contributed by atoms with E-state index in [1.807, 2.05) is 22.7 Å². The first-order chi connectivity index (χ1) is 35.6. The average molecular weight is 1050 g/mol. The Kier molecular flexibility index (Phi) is 13.1. The van der Waals surface area contributed by atoms with Crippen molar-refractivity contribution in [2.75, 3.05) is 29.4 Å². The maximum Gasteiger partial charge on any atom is 0.103 e. The van der Waals surface area contributed by atoms with Crippen molar-refractivity contribution < 1.29 is 0 Å². The molecule has 0 amide bonds. The van der Waals surface area contributed by atoms with Gasteiger partial charge in [0.1, 0.15) is 50.0 Å². The largest absolute Gasteiger partial charge is 0.318 e. The quantitative estimate of drug-likeness (QED) is 0.147. The lowest BCUT2D eigenvalue weighted by Gasteiger charge is -2.30. The molecular formula is C60H48N6S6. The average Bonchev–Trinajstić information content (AvgIpc) is 4.31. The third-order valence-corrected chi connectivity index (χ3v) is 18.7. The van der Waals surface area contributed by atoms with E-state index in [0.717, 1.165) is 84.9 Å². The third kappa shape index (κ3) is 8.95. The second-order valence-corrected chi connectivity index (χ2v) is 23.1. The standard InChI is InChI=1S/C60H48N6S6/c1-3-20-43(4-2)61-49-31-33-51(67-49)62(44-21-10-5-11-22-44)53-35-37-55(69-53)64(46-25-14-7-15-26-46)57-39-41-59(71-57)66(48-29-18-9-19-30-48)60-42-40-58(72-60)65(47-27-16-8-17-28-47)56-38-36-54(70-56)63(45-23-12-6-13-24-45)52-34-32-50(61)68-52/h3-27,29-42,47H,28H2,1-2H3/b20-3-,43-4+. The summed E-state index contributed by atoms with van der Waals surface area (Å²) in [6, 6.07) is 70.7. The van der Waals surface area contributed by atoms with Crippen molar-refractivity contribution in [1.29, 1.82) is 0 Å². The van der Waals surface area contributed by atoms with Gasteiger partial charge in [-0.05, 0) is 148 Å². The Morgan fingerprint density at radius 2 is 0.681 bits per heavy atom. The highest BCUT2D eigenvalue weighted by atomic mass is 32.1. The van der Waals surface area contributed by atoms with Gasteiger partial charge in [0, 0.05) is 28.4 Å². The van der Waals surface area contributed by atoms with Gasteiger partial charge in [0.15, 0.2) is 0 Å². The first-order valence-electron chi connectivity index (χ1n) is 23.8. The topological polar surface area (TPSA) is 19.4 Å². The maximum absolute atomic E-state index is 2.54. The molecule has 10 aromatic rings. The van der Waals surface area contributed by atoms with E-state index in [9.17, 15) is 0 Å². The van der Waals surface area contributed by atoms with Crippen molar-refractivity contribution in [2.45, 2.75) is 26.3 Å². The number of hydrogen-bond donors (Lipinski definition) is 0. The Morgan fingerprint density at radius 3 is 0.986 bits per heavy atom. The van der Waals surface area contributed by atoms with Crippen LogP contribution in [0.15, 0.2) is 242 Å². The predicted molar refractivity (Wildman–Crippen MR) is 318 cm³/mol. The van der Waals surface area contributed by atoms with Gasteiger partial charge in [-0.3, -0.25) is 24.5 Å². The van der Waals surface area contributed by atoms with Crippen LogP contribution in [0.2, 0.25) is 0 Å². The van der Waals surface area contributed by atoms with Crippen LogP contribution < -0.4 is 29.4 Å². The third-order valence-electron chi connectivity index (χ3n) is 12.4. The molecule has 354 valence electrons. The minimum atomic E-state index is 0.145. The Labute approximate surface area is 445 Å². The molecule has 12 heteroatoms. The van der Waals surface area contributed by atoms with E-state index in [-0.39, 0.29) is 6.04 Å². The van der Waals surface area contributed by atoms with Gasteiger partial charge >= 0.3 is 0 Å². The lowest BCUT2D eigenvalue weighted by molar-refractivity contribution is 0.796. The molecule has 6 nitrogen and oxygen atoms in total. The summed E-state index contributed by atoms with van der Waals surface area (Å²) in [5, 5.41) is 13.7. The zero-order valence-corrected chi connectivity index (χ0v) is 44.3. The van der Waals surface area contributed by atoms with E-state index in [1.54, 1.807) is 45.3 Å². The number of rotatable bonds is 7. The van der Waals surface area contributed by atoms with Crippen LogP contribution in [-0.2, 0) is 0 Å². The fourth-order valence-corrected chi connectivity index (χ4v) is 16.0. The summed E-state index contributed by atoms with van der Waals surface area (Å²) in [6.45, 7) is 4.22. The second-order valence-electron chi connectivity index (χ2n) is 16.9. The van der Waals surface area contributed by atoms with Crippen LogP contribution in [0.4, 0.5) is 82.8 Å². The Morgan fingerprint density at radius 1 is 0.375 bits per heavy atom. The van der Waals surface area contributed by atoms with E-state index in [4.69, 9.17) is 0 Å². The first kappa shape index (κ1) is 45.9. The molecule has 12 rings (SSSR count). The van der Waals surface area contributed by atoms with Gasteiger partial charge < -0.3 is 4.90 Å². The smallest absolute Gasteiger partial charge is 0.103 e. The van der Waals surface area contributed by atoms with E-state index in [1.165, 1.54) is 10.0 Å². The molecule has 72 heavy (non-hydrogen) atoms. The highest BCUT2D eigenvalue weighted by molar-refractivity contribution is 7.25. The number of hydrogen-bond acceptors (Lipinski definition) is 12. The van der Waals surface area contributed by atoms with E-state index in [0.29, 0.717) is 0 Å². The molecular weight excluding hydrogens is 997 g/mol. The van der Waals surface area contributed by atoms with Gasteiger partial charge in [-0.2, -0.15) is 0 Å². The maximum atomic E-state index is 2.54. The number of fused-ring (bicyclic) bond motifs is 12. The van der Waals surface area contributed by atoms with Crippen LogP contribution in [0.25, 0.3) is 0 Å². The lowest BCUT2D eigenvalue weighted by Crippen LogP contribution is -2.28. The molecule has 12 bridgehead atoms. The summed E-state index contributed by atoms with van der Waals surface area (Å²) >= 11 is 10.9. The minimum Gasteiger partial charge on any atom is -0.318 e. The monoisotopic (exact) mass is 1040 g/mol. The summed E-state index contributed by atoms with van der Waals surface area (Å²) in [6.07, 6.45) is 16.4. The van der Waals surface area contributed by atoms with Gasteiger partial charge in [0.25, 0.3) is 0 Å². The molecule has 1 aliphatic carbocycles.